The minimum atomic E-state index is -0.128. The number of likely N-dealkylation sites (tertiary alicyclic amines) is 1. The molecule has 0 amide bonds. The van der Waals surface area contributed by atoms with E-state index in [9.17, 15) is 9.90 Å². The van der Waals surface area contributed by atoms with Crippen LogP contribution in [-0.4, -0.2) is 33.4 Å². The van der Waals surface area contributed by atoms with E-state index in [0.717, 1.165) is 42.5 Å². The maximum absolute atomic E-state index is 13.1. The fourth-order valence-electron chi connectivity index (χ4n) is 4.90. The molecule has 3 aromatic rings. The van der Waals surface area contributed by atoms with Crippen LogP contribution in [0, 0.1) is 5.92 Å². The first-order valence-electron chi connectivity index (χ1n) is 11.1. The fraction of sp³-hybridized carbons (Fsp3) is 0.346. The lowest BCUT2D eigenvalue weighted by Gasteiger charge is -2.31. The van der Waals surface area contributed by atoms with Crippen molar-refractivity contribution in [3.05, 3.63) is 65.0 Å². The summed E-state index contributed by atoms with van der Waals surface area (Å²) in [6.45, 7) is 7.80. The van der Waals surface area contributed by atoms with Crippen LogP contribution in [0.2, 0.25) is 0 Å². The van der Waals surface area contributed by atoms with Gasteiger partial charge in [0, 0.05) is 42.3 Å². The Bertz CT molecular complexity index is 1190. The Balaban J connectivity index is 1.50. The summed E-state index contributed by atoms with van der Waals surface area (Å²) in [5, 5.41) is 11.7. The van der Waals surface area contributed by atoms with Crippen LogP contribution in [-0.2, 0) is 13.1 Å². The van der Waals surface area contributed by atoms with Gasteiger partial charge in [0.15, 0.2) is 5.76 Å². The molecule has 1 saturated heterocycles. The number of phenolic OH excluding ortho intramolecular Hbond substituents is 1. The number of rotatable bonds is 4. The number of Topliss-reactive ketones (excluding diaryl/α,β-unsaturated/α-hetero) is 1. The lowest BCUT2D eigenvalue weighted by atomic mass is 9.99. The van der Waals surface area contributed by atoms with Gasteiger partial charge < -0.3 is 14.4 Å². The molecule has 5 heteroatoms. The van der Waals surface area contributed by atoms with Gasteiger partial charge in [-0.2, -0.15) is 0 Å². The zero-order valence-electron chi connectivity index (χ0n) is 18.1. The van der Waals surface area contributed by atoms with Gasteiger partial charge in [0.25, 0.3) is 0 Å². The average Bonchev–Trinajstić information content (AvgIpc) is 3.28. The average molecular weight is 417 g/mol. The van der Waals surface area contributed by atoms with E-state index in [1.54, 1.807) is 12.1 Å². The molecular weight excluding hydrogens is 388 g/mol. The van der Waals surface area contributed by atoms with Gasteiger partial charge in [-0.05, 0) is 56.5 Å². The summed E-state index contributed by atoms with van der Waals surface area (Å²) in [7, 11) is 0. The number of phenols is 1. The molecule has 2 aliphatic rings. The predicted molar refractivity (Wildman–Crippen MR) is 122 cm³/mol. The van der Waals surface area contributed by atoms with Gasteiger partial charge in [-0.3, -0.25) is 9.69 Å². The summed E-state index contributed by atoms with van der Waals surface area (Å²) in [4.78, 5) is 15.5. The molecule has 2 aliphatic heterocycles. The Morgan fingerprint density at radius 3 is 2.87 bits per heavy atom. The number of aromatic hydroxyl groups is 1. The van der Waals surface area contributed by atoms with Crippen LogP contribution in [0.25, 0.3) is 17.0 Å². The summed E-state index contributed by atoms with van der Waals surface area (Å²) in [5.41, 5.74) is 3.34. The van der Waals surface area contributed by atoms with Crippen molar-refractivity contribution in [2.24, 2.45) is 5.92 Å². The van der Waals surface area contributed by atoms with Crippen LogP contribution in [0.15, 0.2) is 48.4 Å². The number of hydrogen-bond acceptors (Lipinski definition) is 4. The first-order chi connectivity index (χ1) is 15.0. The monoisotopic (exact) mass is 416 g/mol. The van der Waals surface area contributed by atoms with Gasteiger partial charge in [0.1, 0.15) is 11.5 Å². The second-order valence-corrected chi connectivity index (χ2v) is 8.75. The number of fused-ring (bicyclic) bond motifs is 2. The molecule has 1 fully saturated rings. The van der Waals surface area contributed by atoms with Gasteiger partial charge in [-0.15, -0.1) is 0 Å². The third-order valence-electron chi connectivity index (χ3n) is 6.49. The topological polar surface area (TPSA) is 54.7 Å². The molecule has 2 aromatic carbocycles. The summed E-state index contributed by atoms with van der Waals surface area (Å²) in [6.07, 6.45) is 6.29. The first-order valence-corrected chi connectivity index (χ1v) is 11.1. The van der Waals surface area contributed by atoms with Crippen molar-refractivity contribution in [2.45, 2.75) is 39.8 Å². The van der Waals surface area contributed by atoms with E-state index >= 15 is 0 Å². The van der Waals surface area contributed by atoms with Crippen LogP contribution in [0.3, 0.4) is 0 Å². The molecule has 5 rings (SSSR count). The Morgan fingerprint density at radius 1 is 1.23 bits per heavy atom. The molecular formula is C26H28N2O3. The summed E-state index contributed by atoms with van der Waals surface area (Å²) in [6, 6.07) is 11.5. The van der Waals surface area contributed by atoms with E-state index < -0.39 is 0 Å². The van der Waals surface area contributed by atoms with Crippen LogP contribution < -0.4 is 4.74 Å². The molecule has 31 heavy (non-hydrogen) atoms. The molecule has 1 aromatic heterocycles. The molecule has 0 spiro atoms. The van der Waals surface area contributed by atoms with Crippen molar-refractivity contribution in [1.29, 1.82) is 0 Å². The van der Waals surface area contributed by atoms with E-state index in [1.807, 2.05) is 18.2 Å². The number of ketones is 1. The number of aromatic nitrogens is 1. The van der Waals surface area contributed by atoms with Gasteiger partial charge >= 0.3 is 0 Å². The highest BCUT2D eigenvalue weighted by Crippen LogP contribution is 2.41. The van der Waals surface area contributed by atoms with Gasteiger partial charge in [0.05, 0.1) is 11.1 Å². The quantitative estimate of drug-likeness (QED) is 0.593. The molecule has 5 nitrogen and oxygen atoms in total. The molecule has 0 aliphatic carbocycles. The largest absolute Gasteiger partial charge is 0.507 e. The second-order valence-electron chi connectivity index (χ2n) is 8.75. The highest BCUT2D eigenvalue weighted by Gasteiger charge is 2.32. The van der Waals surface area contributed by atoms with E-state index in [-0.39, 0.29) is 11.5 Å². The van der Waals surface area contributed by atoms with Crippen molar-refractivity contribution in [3.8, 4) is 11.5 Å². The number of carbonyl (C=O) groups excluding carboxylic acids is 1. The number of allylic oxidation sites excluding steroid dienone is 1. The molecule has 0 bridgehead atoms. The Hall–Kier alpha value is -3.05. The van der Waals surface area contributed by atoms with Crippen molar-refractivity contribution in [2.75, 3.05) is 13.1 Å². The van der Waals surface area contributed by atoms with Gasteiger partial charge in [-0.1, -0.05) is 25.1 Å². The minimum Gasteiger partial charge on any atom is -0.507 e. The predicted octanol–water partition coefficient (Wildman–Crippen LogP) is 5.21. The first kappa shape index (κ1) is 19.9. The number of nitrogens with zero attached hydrogens (tertiary/aromatic N) is 2. The second kappa shape index (κ2) is 7.89. The van der Waals surface area contributed by atoms with Crippen LogP contribution >= 0.6 is 0 Å². The van der Waals surface area contributed by atoms with Crippen LogP contribution in [0.1, 0.15) is 48.2 Å². The van der Waals surface area contributed by atoms with Crippen molar-refractivity contribution in [3.63, 3.8) is 0 Å². The number of ether oxygens (including phenoxy) is 1. The van der Waals surface area contributed by atoms with Crippen molar-refractivity contribution in [1.82, 2.24) is 9.47 Å². The summed E-state index contributed by atoms with van der Waals surface area (Å²) >= 11 is 0. The standard InChI is InChI=1S/C26H28N2O3/c1-3-28-15-18(19-8-4-5-9-22(19)28)13-24-25(30)20-10-11-23(29)21(26(20)31-24)16-27-12-6-7-17(2)14-27/h4-5,8-11,13,15,17,29H,3,6-7,12,14,16H2,1-2H3/t17-/m1/s1. The number of piperidine rings is 1. The van der Waals surface area contributed by atoms with E-state index in [2.05, 4.69) is 41.6 Å². The summed E-state index contributed by atoms with van der Waals surface area (Å²) < 4.78 is 8.28. The van der Waals surface area contributed by atoms with E-state index in [1.165, 1.54) is 6.42 Å². The zero-order chi connectivity index (χ0) is 21.5. The van der Waals surface area contributed by atoms with Crippen LogP contribution in [0.5, 0.6) is 11.5 Å². The lowest BCUT2D eigenvalue weighted by Crippen LogP contribution is -2.33. The van der Waals surface area contributed by atoms with E-state index in [4.69, 9.17) is 4.74 Å². The number of carbonyl (C=O) groups is 1. The summed E-state index contributed by atoms with van der Waals surface area (Å²) in [5.74, 6) is 1.52. The fourth-order valence-corrected chi connectivity index (χ4v) is 4.90. The molecule has 3 heterocycles. The minimum absolute atomic E-state index is 0.128. The third kappa shape index (κ3) is 3.53. The zero-order valence-corrected chi connectivity index (χ0v) is 18.1. The molecule has 0 radical (unpaired) electrons. The van der Waals surface area contributed by atoms with E-state index in [0.29, 0.717) is 35.1 Å². The molecule has 0 saturated carbocycles. The van der Waals surface area contributed by atoms with Gasteiger partial charge in [0.2, 0.25) is 5.78 Å². The van der Waals surface area contributed by atoms with Crippen molar-refractivity contribution < 1.29 is 14.6 Å². The SMILES string of the molecule is CCn1cc(C=C2Oc3c(ccc(O)c3CN3CCC[C@@H](C)C3)C2=O)c2ccccc21. The molecule has 1 N–H and O–H groups in total. The molecule has 0 unspecified atom stereocenters. The maximum atomic E-state index is 13.1. The Kier molecular flexibility index (Phi) is 5.06. The Labute approximate surface area is 182 Å². The third-order valence-corrected chi connectivity index (χ3v) is 6.49. The molecule has 1 atom stereocenters. The number of benzene rings is 2. The number of aryl methyl sites for hydroxylation is 1. The van der Waals surface area contributed by atoms with Crippen LogP contribution in [0.4, 0.5) is 0 Å². The molecule has 160 valence electrons. The maximum Gasteiger partial charge on any atom is 0.231 e. The highest BCUT2D eigenvalue weighted by molar-refractivity contribution is 6.15. The highest BCUT2D eigenvalue weighted by atomic mass is 16.5. The lowest BCUT2D eigenvalue weighted by molar-refractivity contribution is 0.101. The van der Waals surface area contributed by atoms with Gasteiger partial charge in [-0.25, -0.2) is 0 Å². The number of para-hydroxylation sites is 1. The van der Waals surface area contributed by atoms with Crippen molar-refractivity contribution >= 4 is 22.8 Å². The normalized spacial score (nSPS) is 20.4. The number of hydrogen-bond donors (Lipinski definition) is 1. The Morgan fingerprint density at radius 2 is 2.06 bits per heavy atom. The smallest absolute Gasteiger partial charge is 0.231 e.